The van der Waals surface area contributed by atoms with Gasteiger partial charge in [0.15, 0.2) is 14.9 Å². The van der Waals surface area contributed by atoms with E-state index in [-0.39, 0.29) is 21.4 Å². The van der Waals surface area contributed by atoms with Crippen molar-refractivity contribution in [2.24, 2.45) is 10.8 Å². The third-order valence-electron chi connectivity index (χ3n) is 2.14. The first-order valence-electron chi connectivity index (χ1n) is 5.28. The molecule has 0 aromatic heterocycles. The first-order valence-corrected chi connectivity index (χ1v) is 7.34. The molecule has 0 aliphatic rings. The molecule has 108 valence electrons. The van der Waals surface area contributed by atoms with Crippen molar-refractivity contribution in [2.75, 3.05) is 5.75 Å². The fourth-order valence-electron chi connectivity index (χ4n) is 1.33. The lowest BCUT2D eigenvalue weighted by Crippen LogP contribution is -2.26. The van der Waals surface area contributed by atoms with Crippen LogP contribution in [0.5, 0.6) is 0 Å². The van der Waals surface area contributed by atoms with E-state index >= 15 is 0 Å². The van der Waals surface area contributed by atoms with Gasteiger partial charge in [-0.3, -0.25) is 15.5 Å². The second-order valence-electron chi connectivity index (χ2n) is 3.84. The van der Waals surface area contributed by atoms with Crippen LogP contribution in [0.3, 0.4) is 0 Å². The van der Waals surface area contributed by atoms with E-state index in [1.807, 2.05) is 0 Å². The van der Waals surface area contributed by atoms with Gasteiger partial charge >= 0.3 is 0 Å². The molecule has 0 bridgehead atoms. The van der Waals surface area contributed by atoms with Gasteiger partial charge in [0.05, 0.1) is 21.3 Å². The SMILES string of the molecule is C/C(CS(=O)(=O)c1cccc([N+](=O)[O-])c1)=N\NC(N)=S. The van der Waals surface area contributed by atoms with Crippen LogP contribution in [0.25, 0.3) is 0 Å². The number of nitrogens with two attached hydrogens (primary N) is 1. The van der Waals surface area contributed by atoms with Crippen molar-refractivity contribution in [1.29, 1.82) is 0 Å². The minimum atomic E-state index is -3.72. The van der Waals surface area contributed by atoms with E-state index < -0.39 is 20.5 Å². The minimum Gasteiger partial charge on any atom is -0.375 e. The van der Waals surface area contributed by atoms with E-state index in [4.69, 9.17) is 5.73 Å². The predicted molar refractivity (Wildman–Crippen MR) is 78.2 cm³/mol. The van der Waals surface area contributed by atoms with E-state index in [9.17, 15) is 18.5 Å². The Morgan fingerprint density at radius 1 is 1.55 bits per heavy atom. The summed E-state index contributed by atoms with van der Waals surface area (Å²) in [4.78, 5) is 9.83. The minimum absolute atomic E-state index is 0.0860. The number of nitrogens with zero attached hydrogens (tertiary/aromatic N) is 2. The quantitative estimate of drug-likeness (QED) is 0.352. The highest BCUT2D eigenvalue weighted by Crippen LogP contribution is 2.18. The molecule has 0 heterocycles. The molecular weight excluding hydrogens is 304 g/mol. The van der Waals surface area contributed by atoms with Crippen LogP contribution >= 0.6 is 12.2 Å². The van der Waals surface area contributed by atoms with Crippen LogP contribution in [-0.2, 0) is 9.84 Å². The average Bonchev–Trinajstić information content (AvgIpc) is 2.36. The maximum absolute atomic E-state index is 12.1. The molecule has 0 atom stereocenters. The monoisotopic (exact) mass is 316 g/mol. The summed E-state index contributed by atoms with van der Waals surface area (Å²) in [5.74, 6) is -0.399. The normalized spacial score (nSPS) is 11.9. The predicted octanol–water partition coefficient (Wildman–Crippen LogP) is 0.578. The number of hydrogen-bond acceptors (Lipinski definition) is 6. The molecule has 0 radical (unpaired) electrons. The molecule has 0 amide bonds. The van der Waals surface area contributed by atoms with Crippen LogP contribution in [0.1, 0.15) is 6.92 Å². The average molecular weight is 316 g/mol. The van der Waals surface area contributed by atoms with Gasteiger partial charge in [-0.05, 0) is 25.2 Å². The standard InChI is InChI=1S/C10H12N4O4S2/c1-7(12-13-10(11)19)6-20(17,18)9-4-2-3-8(5-9)14(15)16/h2-5H,6H2,1H3,(H3,11,13,19)/b12-7+. The Balaban J connectivity index is 3.00. The van der Waals surface area contributed by atoms with Gasteiger partial charge in [0.2, 0.25) is 0 Å². The van der Waals surface area contributed by atoms with Crippen molar-refractivity contribution < 1.29 is 13.3 Å². The van der Waals surface area contributed by atoms with Crippen molar-refractivity contribution in [2.45, 2.75) is 11.8 Å². The molecule has 8 nitrogen and oxygen atoms in total. The molecule has 1 aromatic carbocycles. The Hall–Kier alpha value is -2.07. The van der Waals surface area contributed by atoms with Crippen molar-refractivity contribution in [1.82, 2.24) is 5.43 Å². The molecule has 3 N–H and O–H groups in total. The summed E-state index contributed by atoms with van der Waals surface area (Å²) >= 11 is 4.53. The molecule has 1 aromatic rings. The molecule has 20 heavy (non-hydrogen) atoms. The Morgan fingerprint density at radius 3 is 2.75 bits per heavy atom. The molecule has 0 saturated heterocycles. The van der Waals surface area contributed by atoms with Gasteiger partial charge in [0.25, 0.3) is 5.69 Å². The molecule has 0 saturated carbocycles. The zero-order valence-corrected chi connectivity index (χ0v) is 12.1. The second kappa shape index (κ2) is 6.39. The van der Waals surface area contributed by atoms with Gasteiger partial charge in [-0.2, -0.15) is 5.10 Å². The molecule has 1 rings (SSSR count). The van der Waals surface area contributed by atoms with E-state index in [0.29, 0.717) is 0 Å². The number of nitrogens with one attached hydrogen (secondary N) is 1. The van der Waals surface area contributed by atoms with Crippen LogP contribution in [0, 0.1) is 10.1 Å². The molecule has 0 spiro atoms. The van der Waals surface area contributed by atoms with Crippen LogP contribution in [-0.4, -0.2) is 29.9 Å². The van der Waals surface area contributed by atoms with E-state index in [0.717, 1.165) is 6.07 Å². The Morgan fingerprint density at radius 2 is 2.20 bits per heavy atom. The highest BCUT2D eigenvalue weighted by atomic mass is 32.2. The number of hydrogen-bond donors (Lipinski definition) is 2. The fourth-order valence-corrected chi connectivity index (χ4v) is 2.74. The lowest BCUT2D eigenvalue weighted by molar-refractivity contribution is -0.385. The summed E-state index contributed by atoms with van der Waals surface area (Å²) in [5, 5.41) is 14.2. The van der Waals surface area contributed by atoms with Crippen molar-refractivity contribution >= 4 is 38.6 Å². The van der Waals surface area contributed by atoms with Crippen molar-refractivity contribution in [3.63, 3.8) is 0 Å². The summed E-state index contributed by atoms with van der Waals surface area (Å²) in [6, 6.07) is 4.82. The molecule has 0 unspecified atom stereocenters. The second-order valence-corrected chi connectivity index (χ2v) is 6.27. The lowest BCUT2D eigenvalue weighted by Gasteiger charge is -2.04. The lowest BCUT2D eigenvalue weighted by atomic mass is 10.3. The van der Waals surface area contributed by atoms with Crippen LogP contribution in [0.15, 0.2) is 34.3 Å². The van der Waals surface area contributed by atoms with E-state index in [1.165, 1.54) is 25.1 Å². The number of benzene rings is 1. The summed E-state index contributed by atoms with van der Waals surface area (Å²) in [5.41, 5.74) is 7.37. The first kappa shape index (κ1) is 16.0. The first-order chi connectivity index (χ1) is 9.22. The zero-order valence-electron chi connectivity index (χ0n) is 10.4. The van der Waals surface area contributed by atoms with Crippen LogP contribution < -0.4 is 11.2 Å². The van der Waals surface area contributed by atoms with Gasteiger partial charge < -0.3 is 5.73 Å². The van der Waals surface area contributed by atoms with E-state index in [1.54, 1.807) is 0 Å². The molecule has 0 aliphatic heterocycles. The number of sulfone groups is 1. The smallest absolute Gasteiger partial charge is 0.270 e. The van der Waals surface area contributed by atoms with Gasteiger partial charge in [0, 0.05) is 12.1 Å². The number of rotatable bonds is 5. The maximum atomic E-state index is 12.1. The Kier molecular flexibility index (Phi) is 5.11. The molecule has 0 fully saturated rings. The Labute approximate surface area is 120 Å². The maximum Gasteiger partial charge on any atom is 0.270 e. The number of nitro groups is 1. The molecular formula is C10H12N4O4S2. The van der Waals surface area contributed by atoms with Crippen molar-refractivity contribution in [3.8, 4) is 0 Å². The van der Waals surface area contributed by atoms with Gasteiger partial charge in [-0.15, -0.1) is 0 Å². The van der Waals surface area contributed by atoms with Gasteiger partial charge in [0.1, 0.15) is 0 Å². The van der Waals surface area contributed by atoms with Gasteiger partial charge in [-0.25, -0.2) is 8.42 Å². The molecule has 0 aliphatic carbocycles. The summed E-state index contributed by atoms with van der Waals surface area (Å²) in [6.07, 6.45) is 0. The number of nitro benzene ring substituents is 1. The largest absolute Gasteiger partial charge is 0.375 e. The number of thiocarbonyl (C=S) groups is 1. The van der Waals surface area contributed by atoms with E-state index in [2.05, 4.69) is 22.7 Å². The highest BCUT2D eigenvalue weighted by Gasteiger charge is 2.19. The zero-order chi connectivity index (χ0) is 15.3. The van der Waals surface area contributed by atoms with Crippen molar-refractivity contribution in [3.05, 3.63) is 34.4 Å². The van der Waals surface area contributed by atoms with Gasteiger partial charge in [-0.1, -0.05) is 6.07 Å². The third kappa shape index (κ3) is 4.55. The summed E-state index contributed by atoms with van der Waals surface area (Å²) in [7, 11) is -3.72. The number of non-ortho nitro benzene ring substituents is 1. The summed E-state index contributed by atoms with van der Waals surface area (Å²) < 4.78 is 24.1. The third-order valence-corrected chi connectivity index (χ3v) is 4.00. The topological polar surface area (TPSA) is 128 Å². The highest BCUT2D eigenvalue weighted by molar-refractivity contribution is 7.92. The fraction of sp³-hybridized carbons (Fsp3) is 0.200. The van der Waals surface area contributed by atoms with Crippen LogP contribution in [0.4, 0.5) is 5.69 Å². The number of hydrazone groups is 1. The Bertz CT molecular complexity index is 670. The summed E-state index contributed by atoms with van der Waals surface area (Å²) in [6.45, 7) is 1.47. The van der Waals surface area contributed by atoms with Crippen LogP contribution in [0.2, 0.25) is 0 Å². The molecule has 10 heteroatoms.